The number of carbonyl (C=O) groups excluding carboxylic acids is 1. The topological polar surface area (TPSA) is 173 Å². The van der Waals surface area contributed by atoms with Gasteiger partial charge in [-0.05, 0) is 36.3 Å². The summed E-state index contributed by atoms with van der Waals surface area (Å²) in [4.78, 5) is 24.9. The average Bonchev–Trinajstić information content (AvgIpc) is 3.30. The molecule has 2 aromatic carbocycles. The van der Waals surface area contributed by atoms with Crippen molar-refractivity contribution in [1.29, 1.82) is 5.53 Å². The molecule has 0 saturated carbocycles. The van der Waals surface area contributed by atoms with Gasteiger partial charge in [0.15, 0.2) is 0 Å². The number of halogens is 3. The van der Waals surface area contributed by atoms with E-state index in [4.69, 9.17) is 36.3 Å². The summed E-state index contributed by atoms with van der Waals surface area (Å²) in [5.41, 5.74) is 11.9. The number of aliphatic imine (C=N–C) groups is 1. The maximum Gasteiger partial charge on any atom is 0.307 e. The first kappa shape index (κ1) is 39.3. The molecule has 0 spiro atoms. The summed E-state index contributed by atoms with van der Waals surface area (Å²) in [6.45, 7) is 1.95. The SMILES string of the molecule is COC(=O)CCOCCOCCOCC(O)CN/C=C(\N=N)c1ccc(Nc2ncc3c(n2)C2=C(CC(Cl)C=C2)C(c2c(F)cccc2F)=NC3)cc1. The number of nitrogens with one attached hydrogen (secondary N) is 3. The van der Waals surface area contributed by atoms with E-state index in [1.807, 2.05) is 12.2 Å². The minimum Gasteiger partial charge on any atom is -0.469 e. The number of methoxy groups -OCH3 is 1. The molecule has 0 saturated heterocycles. The van der Waals surface area contributed by atoms with E-state index in [1.54, 1.807) is 30.5 Å². The van der Waals surface area contributed by atoms with Crippen LogP contribution in [0, 0.1) is 17.2 Å². The Hall–Kier alpha value is -4.93. The molecule has 1 aromatic heterocycles. The molecule has 16 heteroatoms. The third kappa shape index (κ3) is 11.0. The molecule has 0 fully saturated rings. The quantitative estimate of drug-likeness (QED) is 0.0514. The molecule has 4 N–H and O–H groups in total. The van der Waals surface area contributed by atoms with Crippen LogP contribution in [0.15, 0.2) is 82.7 Å². The smallest absolute Gasteiger partial charge is 0.307 e. The molecule has 0 radical (unpaired) electrons. The van der Waals surface area contributed by atoms with E-state index in [2.05, 4.69) is 30.5 Å². The number of rotatable bonds is 19. The first-order valence-electron chi connectivity index (χ1n) is 16.8. The third-order valence-electron chi connectivity index (χ3n) is 8.09. The number of nitrogens with zero attached hydrogens (tertiary/aromatic N) is 4. The maximum absolute atomic E-state index is 14.9. The summed E-state index contributed by atoms with van der Waals surface area (Å²) in [5, 5.41) is 19.6. The highest BCUT2D eigenvalue weighted by Crippen LogP contribution is 2.37. The Labute approximate surface area is 310 Å². The fourth-order valence-electron chi connectivity index (χ4n) is 5.45. The van der Waals surface area contributed by atoms with Crippen LogP contribution in [0.1, 0.15) is 35.2 Å². The lowest BCUT2D eigenvalue weighted by Crippen LogP contribution is -2.28. The van der Waals surface area contributed by atoms with Crippen molar-refractivity contribution >= 4 is 46.2 Å². The van der Waals surface area contributed by atoms with Gasteiger partial charge < -0.3 is 34.7 Å². The number of aromatic nitrogens is 2. The van der Waals surface area contributed by atoms with Crippen molar-refractivity contribution < 1.29 is 37.6 Å². The molecule has 1 aliphatic heterocycles. The van der Waals surface area contributed by atoms with Crippen LogP contribution in [0.3, 0.4) is 0 Å². The van der Waals surface area contributed by atoms with Crippen LogP contribution in [0.2, 0.25) is 0 Å². The van der Waals surface area contributed by atoms with E-state index in [0.717, 1.165) is 0 Å². The first-order valence-corrected chi connectivity index (χ1v) is 17.3. The molecule has 0 bridgehead atoms. The van der Waals surface area contributed by atoms with Gasteiger partial charge in [-0.2, -0.15) is 5.11 Å². The van der Waals surface area contributed by atoms with Crippen molar-refractivity contribution in [3.63, 3.8) is 0 Å². The average molecular weight is 752 g/mol. The predicted octanol–water partition coefficient (Wildman–Crippen LogP) is 5.71. The van der Waals surface area contributed by atoms with Crippen LogP contribution in [-0.2, 0) is 30.3 Å². The van der Waals surface area contributed by atoms with Crippen LogP contribution in [0.4, 0.5) is 20.4 Å². The zero-order valence-corrected chi connectivity index (χ0v) is 29.7. The highest BCUT2D eigenvalue weighted by molar-refractivity contribution is 6.25. The lowest BCUT2D eigenvalue weighted by atomic mass is 9.88. The van der Waals surface area contributed by atoms with Crippen molar-refractivity contribution in [2.45, 2.75) is 30.9 Å². The largest absolute Gasteiger partial charge is 0.469 e. The zero-order valence-electron chi connectivity index (χ0n) is 29.0. The Morgan fingerprint density at radius 3 is 2.53 bits per heavy atom. The normalized spacial score (nSPS) is 15.9. The predicted molar refractivity (Wildman–Crippen MR) is 195 cm³/mol. The van der Waals surface area contributed by atoms with Crippen molar-refractivity contribution in [2.24, 2.45) is 10.1 Å². The van der Waals surface area contributed by atoms with Gasteiger partial charge in [-0.3, -0.25) is 9.79 Å². The van der Waals surface area contributed by atoms with Crippen LogP contribution < -0.4 is 10.6 Å². The standard InChI is InChI=1S/C37H40ClF2N7O6/c1-50-33(49)11-12-51-13-14-52-15-16-53-22-27(48)20-42-21-32(47-41)23-5-8-26(9-6-23)45-37-44-19-24-18-43-36(34-30(39)3-2-4-31(34)40)29-17-25(38)7-10-28(29)35(24)46-37/h2-10,19,21,25,27,41-42,48H,11-18,20,22H2,1H3,(H,44,45,46)/b32-21-,47-41?. The summed E-state index contributed by atoms with van der Waals surface area (Å²) in [6.07, 6.45) is 6.52. The van der Waals surface area contributed by atoms with Crippen molar-refractivity contribution in [3.8, 4) is 0 Å². The summed E-state index contributed by atoms with van der Waals surface area (Å²) in [6, 6.07) is 10.8. The number of carbonyl (C=O) groups is 1. The maximum atomic E-state index is 14.9. The van der Waals surface area contributed by atoms with Crippen molar-refractivity contribution in [1.82, 2.24) is 15.3 Å². The number of allylic oxidation sites excluding steroid dienone is 4. The van der Waals surface area contributed by atoms with Gasteiger partial charge in [0, 0.05) is 41.3 Å². The number of ether oxygens (including phenoxy) is 4. The van der Waals surface area contributed by atoms with Gasteiger partial charge in [-0.1, -0.05) is 30.4 Å². The third-order valence-corrected chi connectivity index (χ3v) is 8.39. The van der Waals surface area contributed by atoms with Gasteiger partial charge in [-0.15, -0.1) is 11.6 Å². The summed E-state index contributed by atoms with van der Waals surface area (Å²) < 4.78 is 50.4. The molecule has 2 aliphatic rings. The van der Waals surface area contributed by atoms with E-state index in [9.17, 15) is 18.7 Å². The number of aliphatic hydroxyl groups is 1. The molecular weight excluding hydrogens is 712 g/mol. The molecule has 13 nitrogen and oxygen atoms in total. The van der Waals surface area contributed by atoms with Crippen LogP contribution >= 0.6 is 11.6 Å². The zero-order chi connectivity index (χ0) is 37.6. The second-order valence-corrected chi connectivity index (χ2v) is 12.4. The number of hydrogen-bond donors (Lipinski definition) is 4. The summed E-state index contributed by atoms with van der Waals surface area (Å²) in [5.74, 6) is -1.44. The Morgan fingerprint density at radius 2 is 1.81 bits per heavy atom. The van der Waals surface area contributed by atoms with E-state index < -0.39 is 17.7 Å². The molecule has 53 heavy (non-hydrogen) atoms. The summed E-state index contributed by atoms with van der Waals surface area (Å²) in [7, 11) is 1.33. The highest BCUT2D eigenvalue weighted by Gasteiger charge is 2.29. The van der Waals surface area contributed by atoms with Crippen LogP contribution in [0.25, 0.3) is 11.3 Å². The van der Waals surface area contributed by atoms with Gasteiger partial charge in [0.05, 0.1) is 88.2 Å². The second-order valence-electron chi connectivity index (χ2n) is 11.8. The van der Waals surface area contributed by atoms with Crippen LogP contribution in [-0.4, -0.2) is 91.5 Å². The van der Waals surface area contributed by atoms with Crippen molar-refractivity contribution in [3.05, 3.63) is 107 Å². The Bertz CT molecular complexity index is 1850. The first-order chi connectivity index (χ1) is 25.8. The molecular formula is C37H40ClF2N7O6. The molecule has 3 aromatic rings. The number of fused-ring (bicyclic) bond motifs is 2. The second kappa shape index (κ2) is 19.8. The van der Waals surface area contributed by atoms with Gasteiger partial charge in [0.1, 0.15) is 17.3 Å². The molecule has 1 aliphatic carbocycles. The fourth-order valence-corrected chi connectivity index (χ4v) is 5.68. The number of anilines is 2. The van der Waals surface area contributed by atoms with Crippen molar-refractivity contribution in [2.75, 3.05) is 58.6 Å². The number of hydrogen-bond acceptors (Lipinski definition) is 13. The van der Waals surface area contributed by atoms with Gasteiger partial charge in [0.25, 0.3) is 0 Å². The minimum absolute atomic E-state index is 0.0821. The molecule has 5 rings (SSSR count). The number of aliphatic hydroxyl groups excluding tert-OH is 1. The number of alkyl halides is 1. The summed E-state index contributed by atoms with van der Waals surface area (Å²) >= 11 is 6.46. The highest BCUT2D eigenvalue weighted by atomic mass is 35.5. The monoisotopic (exact) mass is 751 g/mol. The molecule has 280 valence electrons. The van der Waals surface area contributed by atoms with Gasteiger partial charge in [-0.25, -0.2) is 24.3 Å². The Morgan fingerprint density at radius 1 is 1.09 bits per heavy atom. The van der Waals surface area contributed by atoms with E-state index in [-0.39, 0.29) is 62.0 Å². The Kier molecular flexibility index (Phi) is 14.7. The van der Waals surface area contributed by atoms with E-state index >= 15 is 0 Å². The van der Waals surface area contributed by atoms with E-state index in [1.165, 1.54) is 31.5 Å². The number of benzene rings is 2. The molecule has 2 heterocycles. The van der Waals surface area contributed by atoms with Gasteiger partial charge in [0.2, 0.25) is 5.95 Å². The number of esters is 1. The molecule has 2 unspecified atom stereocenters. The van der Waals surface area contributed by atoms with Crippen LogP contribution in [0.5, 0.6) is 0 Å². The molecule has 0 amide bonds. The Balaban J connectivity index is 1.13. The lowest BCUT2D eigenvalue weighted by Gasteiger charge is -2.20. The van der Waals surface area contributed by atoms with Gasteiger partial charge >= 0.3 is 5.97 Å². The molecule has 2 atom stereocenters. The van der Waals surface area contributed by atoms with E-state index in [0.29, 0.717) is 71.5 Å². The minimum atomic E-state index is -0.807. The fraction of sp³-hybridized carbons (Fsp3) is 0.351. The lowest BCUT2D eigenvalue weighted by molar-refractivity contribution is -0.141.